The Morgan fingerprint density at radius 3 is 2.52 bits per heavy atom. The van der Waals surface area contributed by atoms with Gasteiger partial charge in [-0.2, -0.15) is 0 Å². The monoisotopic (exact) mass is 360 g/mol. The van der Waals surface area contributed by atoms with Crippen molar-refractivity contribution in [3.63, 3.8) is 0 Å². The molecule has 3 nitrogen and oxygen atoms in total. The van der Waals surface area contributed by atoms with Gasteiger partial charge in [0.05, 0.1) is 17.6 Å². The van der Waals surface area contributed by atoms with Crippen LogP contribution in [0.25, 0.3) is 22.4 Å². The molecule has 3 aromatic carbocycles. The van der Waals surface area contributed by atoms with Crippen LogP contribution in [-0.2, 0) is 6.54 Å². The van der Waals surface area contributed by atoms with Crippen molar-refractivity contribution in [2.24, 2.45) is 0 Å². The minimum absolute atomic E-state index is 0.250. The summed E-state index contributed by atoms with van der Waals surface area (Å²) in [5.41, 5.74) is 5.20. The molecule has 0 aliphatic rings. The standard InChI is InChI=1S/C23H21FN2O/c1-16-7-12-22(17(2)15-16)27-14-13-26-21-6-4-3-5-20(21)25-23(26)18-8-10-19(24)11-9-18/h3-12,15H,13-14H2,1-2H3. The van der Waals surface area contributed by atoms with E-state index >= 15 is 0 Å². The van der Waals surface area contributed by atoms with E-state index in [2.05, 4.69) is 30.5 Å². The average molecular weight is 360 g/mol. The highest BCUT2D eigenvalue weighted by Gasteiger charge is 2.12. The molecule has 0 aliphatic heterocycles. The van der Waals surface area contributed by atoms with Gasteiger partial charge in [-0.1, -0.05) is 29.8 Å². The number of hydrogen-bond acceptors (Lipinski definition) is 2. The maximum Gasteiger partial charge on any atom is 0.141 e. The first-order valence-corrected chi connectivity index (χ1v) is 9.03. The van der Waals surface area contributed by atoms with Gasteiger partial charge in [-0.15, -0.1) is 0 Å². The molecule has 0 amide bonds. The molecule has 0 bridgehead atoms. The fourth-order valence-electron chi connectivity index (χ4n) is 3.33. The number of imidazole rings is 1. The van der Waals surface area contributed by atoms with Crippen LogP contribution < -0.4 is 4.74 Å². The molecule has 0 fully saturated rings. The summed E-state index contributed by atoms with van der Waals surface area (Å²) in [5.74, 6) is 1.47. The number of benzene rings is 3. The van der Waals surface area contributed by atoms with Gasteiger partial charge in [0, 0.05) is 5.56 Å². The van der Waals surface area contributed by atoms with Gasteiger partial charge in [0.1, 0.15) is 24.0 Å². The molecule has 0 radical (unpaired) electrons. The second-order valence-electron chi connectivity index (χ2n) is 6.70. The van der Waals surface area contributed by atoms with Crippen LogP contribution in [0.2, 0.25) is 0 Å². The number of rotatable bonds is 5. The Kier molecular flexibility index (Phi) is 4.63. The van der Waals surface area contributed by atoms with Gasteiger partial charge in [-0.25, -0.2) is 9.37 Å². The van der Waals surface area contributed by atoms with Crippen LogP contribution in [0.3, 0.4) is 0 Å². The predicted molar refractivity (Wildman–Crippen MR) is 107 cm³/mol. The molecule has 27 heavy (non-hydrogen) atoms. The first-order chi connectivity index (χ1) is 13.1. The third kappa shape index (κ3) is 3.56. The van der Waals surface area contributed by atoms with Gasteiger partial charge in [-0.05, 0) is 61.9 Å². The molecule has 0 N–H and O–H groups in total. The third-order valence-corrected chi connectivity index (χ3v) is 4.66. The van der Waals surface area contributed by atoms with Crippen molar-refractivity contribution in [3.05, 3.63) is 83.7 Å². The summed E-state index contributed by atoms with van der Waals surface area (Å²) in [6.07, 6.45) is 0. The summed E-state index contributed by atoms with van der Waals surface area (Å²) < 4.78 is 21.5. The fraction of sp³-hybridized carbons (Fsp3) is 0.174. The number of nitrogens with zero attached hydrogens (tertiary/aromatic N) is 2. The number of aryl methyl sites for hydroxylation is 2. The highest BCUT2D eigenvalue weighted by atomic mass is 19.1. The summed E-state index contributed by atoms with van der Waals surface area (Å²) >= 11 is 0. The van der Waals surface area contributed by atoms with Crippen molar-refractivity contribution >= 4 is 11.0 Å². The summed E-state index contributed by atoms with van der Waals surface area (Å²) in [6.45, 7) is 5.31. The Morgan fingerprint density at radius 1 is 0.963 bits per heavy atom. The lowest BCUT2D eigenvalue weighted by Gasteiger charge is -2.13. The molecule has 0 atom stereocenters. The highest BCUT2D eigenvalue weighted by Crippen LogP contribution is 2.25. The molecule has 136 valence electrons. The second kappa shape index (κ2) is 7.23. The topological polar surface area (TPSA) is 27.1 Å². The van der Waals surface area contributed by atoms with E-state index in [-0.39, 0.29) is 5.82 Å². The normalized spacial score (nSPS) is 11.1. The lowest BCUT2D eigenvalue weighted by atomic mass is 10.1. The molecule has 4 aromatic rings. The van der Waals surface area contributed by atoms with Crippen molar-refractivity contribution in [2.45, 2.75) is 20.4 Å². The van der Waals surface area contributed by atoms with E-state index in [0.29, 0.717) is 13.2 Å². The van der Waals surface area contributed by atoms with Gasteiger partial charge in [0.2, 0.25) is 0 Å². The minimum Gasteiger partial charge on any atom is -0.491 e. The first kappa shape index (κ1) is 17.3. The molecular weight excluding hydrogens is 339 g/mol. The molecule has 0 saturated heterocycles. The van der Waals surface area contributed by atoms with Crippen molar-refractivity contribution in [2.75, 3.05) is 6.61 Å². The molecule has 0 spiro atoms. The van der Waals surface area contributed by atoms with E-state index in [4.69, 9.17) is 9.72 Å². The van der Waals surface area contributed by atoms with E-state index in [0.717, 1.165) is 33.7 Å². The smallest absolute Gasteiger partial charge is 0.141 e. The molecule has 1 heterocycles. The van der Waals surface area contributed by atoms with Crippen LogP contribution in [0, 0.1) is 19.7 Å². The molecule has 1 aromatic heterocycles. The van der Waals surface area contributed by atoms with Crippen LogP contribution in [0.15, 0.2) is 66.7 Å². The number of ether oxygens (including phenoxy) is 1. The zero-order chi connectivity index (χ0) is 18.8. The quantitative estimate of drug-likeness (QED) is 0.467. The number of hydrogen-bond donors (Lipinski definition) is 0. The molecule has 4 heteroatoms. The van der Waals surface area contributed by atoms with Gasteiger partial charge in [-0.3, -0.25) is 0 Å². The molecule has 0 aliphatic carbocycles. The van der Waals surface area contributed by atoms with Crippen LogP contribution >= 0.6 is 0 Å². The number of aromatic nitrogens is 2. The SMILES string of the molecule is Cc1ccc(OCCn2c(-c3ccc(F)cc3)nc3ccccc32)c(C)c1. The van der Waals surface area contributed by atoms with Crippen LogP contribution in [-0.4, -0.2) is 16.2 Å². The zero-order valence-corrected chi connectivity index (χ0v) is 15.4. The third-order valence-electron chi connectivity index (χ3n) is 4.66. The average Bonchev–Trinajstić information content (AvgIpc) is 3.03. The maximum atomic E-state index is 13.3. The van der Waals surface area contributed by atoms with Crippen LogP contribution in [0.4, 0.5) is 4.39 Å². The zero-order valence-electron chi connectivity index (χ0n) is 15.4. The van der Waals surface area contributed by atoms with Crippen molar-refractivity contribution in [1.82, 2.24) is 9.55 Å². The van der Waals surface area contributed by atoms with E-state index in [1.54, 1.807) is 12.1 Å². The Bertz CT molecular complexity index is 1080. The number of para-hydroxylation sites is 2. The van der Waals surface area contributed by atoms with Crippen LogP contribution in [0.5, 0.6) is 5.75 Å². The van der Waals surface area contributed by atoms with Crippen molar-refractivity contribution < 1.29 is 9.13 Å². The minimum atomic E-state index is -0.250. The largest absolute Gasteiger partial charge is 0.491 e. The lowest BCUT2D eigenvalue weighted by Crippen LogP contribution is -2.10. The first-order valence-electron chi connectivity index (χ1n) is 9.03. The van der Waals surface area contributed by atoms with Gasteiger partial charge >= 0.3 is 0 Å². The van der Waals surface area contributed by atoms with E-state index in [1.165, 1.54) is 17.7 Å². The van der Waals surface area contributed by atoms with E-state index in [1.807, 2.05) is 30.3 Å². The Morgan fingerprint density at radius 2 is 1.74 bits per heavy atom. The van der Waals surface area contributed by atoms with E-state index in [9.17, 15) is 4.39 Å². The second-order valence-corrected chi connectivity index (χ2v) is 6.70. The Hall–Kier alpha value is -3.14. The number of halogens is 1. The summed E-state index contributed by atoms with van der Waals surface area (Å²) in [6, 6.07) is 20.6. The maximum absolute atomic E-state index is 13.3. The predicted octanol–water partition coefficient (Wildman–Crippen LogP) is 5.54. The molecular formula is C23H21FN2O. The van der Waals surface area contributed by atoms with E-state index < -0.39 is 0 Å². The molecule has 0 unspecified atom stereocenters. The van der Waals surface area contributed by atoms with Gasteiger partial charge in [0.15, 0.2) is 0 Å². The fourth-order valence-corrected chi connectivity index (χ4v) is 3.33. The Balaban J connectivity index is 1.63. The van der Waals surface area contributed by atoms with Crippen molar-refractivity contribution in [1.29, 1.82) is 0 Å². The molecule has 0 saturated carbocycles. The van der Waals surface area contributed by atoms with Gasteiger partial charge < -0.3 is 9.30 Å². The lowest BCUT2D eigenvalue weighted by molar-refractivity contribution is 0.299. The summed E-state index contributed by atoms with van der Waals surface area (Å²) in [5, 5.41) is 0. The number of fused-ring (bicyclic) bond motifs is 1. The van der Waals surface area contributed by atoms with Gasteiger partial charge in [0.25, 0.3) is 0 Å². The van der Waals surface area contributed by atoms with Crippen LogP contribution in [0.1, 0.15) is 11.1 Å². The highest BCUT2D eigenvalue weighted by molar-refractivity contribution is 5.80. The summed E-state index contributed by atoms with van der Waals surface area (Å²) in [4.78, 5) is 4.75. The molecule has 4 rings (SSSR count). The van der Waals surface area contributed by atoms with Crippen molar-refractivity contribution in [3.8, 4) is 17.1 Å². The summed E-state index contributed by atoms with van der Waals surface area (Å²) in [7, 11) is 0. The Labute approximate surface area is 158 Å².